The van der Waals surface area contributed by atoms with Crippen molar-refractivity contribution in [2.24, 2.45) is 0 Å². The summed E-state index contributed by atoms with van der Waals surface area (Å²) in [4.78, 5) is 0. The molecule has 18 heavy (non-hydrogen) atoms. The highest BCUT2D eigenvalue weighted by Crippen LogP contribution is 2.17. The van der Waals surface area contributed by atoms with Crippen LogP contribution in [0.5, 0.6) is 0 Å². The summed E-state index contributed by atoms with van der Waals surface area (Å²) in [7, 11) is 0. The zero-order valence-corrected chi connectivity index (χ0v) is 11.3. The van der Waals surface area contributed by atoms with Crippen LogP contribution in [0.3, 0.4) is 0 Å². The van der Waals surface area contributed by atoms with E-state index in [4.69, 9.17) is 8.83 Å². The Morgan fingerprint density at radius 2 is 2.06 bits per heavy atom. The number of nitrogens with one attached hydrogen (secondary N) is 1. The zero-order valence-electron chi connectivity index (χ0n) is 11.3. The van der Waals surface area contributed by atoms with E-state index < -0.39 is 0 Å². The second-order valence-corrected chi connectivity index (χ2v) is 4.86. The van der Waals surface area contributed by atoms with Crippen molar-refractivity contribution >= 4 is 0 Å². The molecule has 2 aromatic heterocycles. The van der Waals surface area contributed by atoms with Gasteiger partial charge in [-0.2, -0.15) is 0 Å². The summed E-state index contributed by atoms with van der Waals surface area (Å²) in [5.74, 6) is 3.00. The van der Waals surface area contributed by atoms with Crippen LogP contribution in [0.25, 0.3) is 0 Å². The number of hydrogen-bond acceptors (Lipinski definition) is 3. The molecule has 2 atom stereocenters. The minimum Gasteiger partial charge on any atom is -0.469 e. The Hall–Kier alpha value is -1.48. The third-order valence-electron chi connectivity index (χ3n) is 3.13. The monoisotopic (exact) mass is 247 g/mol. The van der Waals surface area contributed by atoms with Gasteiger partial charge in [-0.25, -0.2) is 0 Å². The molecule has 2 rings (SSSR count). The fourth-order valence-electron chi connectivity index (χ4n) is 2.09. The Balaban J connectivity index is 1.78. The average molecular weight is 247 g/mol. The van der Waals surface area contributed by atoms with Crippen LogP contribution in [0.15, 0.2) is 39.4 Å². The van der Waals surface area contributed by atoms with Gasteiger partial charge in [0.1, 0.15) is 17.3 Å². The fraction of sp³-hybridized carbons (Fsp3) is 0.467. The predicted molar refractivity (Wildman–Crippen MR) is 71.5 cm³/mol. The Morgan fingerprint density at radius 1 is 1.22 bits per heavy atom. The molecule has 1 N–H and O–H groups in total. The lowest BCUT2D eigenvalue weighted by atomic mass is 10.1. The third-order valence-corrected chi connectivity index (χ3v) is 3.13. The predicted octanol–water partition coefficient (Wildman–Crippen LogP) is 3.85. The summed E-state index contributed by atoms with van der Waals surface area (Å²) in [5, 5.41) is 3.54. The Bertz CT molecular complexity index is 459. The van der Waals surface area contributed by atoms with Gasteiger partial charge in [0.2, 0.25) is 0 Å². The maximum Gasteiger partial charge on any atom is 0.120 e. The van der Waals surface area contributed by atoms with E-state index in [1.165, 1.54) is 0 Å². The molecule has 3 heteroatoms. The molecule has 98 valence electrons. The second kappa shape index (κ2) is 5.91. The molecule has 0 saturated carbocycles. The van der Waals surface area contributed by atoms with Gasteiger partial charge >= 0.3 is 0 Å². The summed E-state index contributed by atoms with van der Waals surface area (Å²) in [6.07, 6.45) is 3.74. The largest absolute Gasteiger partial charge is 0.469 e. The molecule has 2 heterocycles. The van der Waals surface area contributed by atoms with Crippen molar-refractivity contribution in [1.29, 1.82) is 0 Å². The number of furan rings is 2. The van der Waals surface area contributed by atoms with Crippen LogP contribution in [0, 0.1) is 6.92 Å². The first-order chi connectivity index (χ1) is 8.65. The number of hydrogen-bond donors (Lipinski definition) is 1. The van der Waals surface area contributed by atoms with E-state index in [-0.39, 0.29) is 6.04 Å². The topological polar surface area (TPSA) is 38.3 Å². The molecule has 0 fully saturated rings. The van der Waals surface area contributed by atoms with Gasteiger partial charge in [-0.15, -0.1) is 0 Å². The maximum absolute atomic E-state index is 5.62. The molecule has 0 aliphatic heterocycles. The van der Waals surface area contributed by atoms with E-state index in [2.05, 4.69) is 19.2 Å². The van der Waals surface area contributed by atoms with Gasteiger partial charge in [-0.05, 0) is 51.5 Å². The molecule has 0 aromatic carbocycles. The van der Waals surface area contributed by atoms with Crippen LogP contribution in [0.4, 0.5) is 0 Å². The Morgan fingerprint density at radius 3 is 2.67 bits per heavy atom. The van der Waals surface area contributed by atoms with Gasteiger partial charge in [0.15, 0.2) is 0 Å². The molecule has 2 aromatic rings. The molecule has 0 spiro atoms. The van der Waals surface area contributed by atoms with E-state index in [1.807, 2.05) is 31.2 Å². The maximum atomic E-state index is 5.62. The van der Waals surface area contributed by atoms with E-state index in [0.717, 1.165) is 30.1 Å². The number of aryl methyl sites for hydroxylation is 2. The van der Waals surface area contributed by atoms with Gasteiger partial charge in [0.25, 0.3) is 0 Å². The van der Waals surface area contributed by atoms with Crippen LogP contribution >= 0.6 is 0 Å². The minimum atomic E-state index is 0.241. The minimum absolute atomic E-state index is 0.241. The van der Waals surface area contributed by atoms with Gasteiger partial charge in [-0.3, -0.25) is 0 Å². The summed E-state index contributed by atoms with van der Waals surface area (Å²) in [6, 6.07) is 8.65. The van der Waals surface area contributed by atoms with Gasteiger partial charge < -0.3 is 14.2 Å². The molecule has 3 nitrogen and oxygen atoms in total. The molecule has 0 bridgehead atoms. The Labute approximate surface area is 108 Å². The van der Waals surface area contributed by atoms with E-state index in [1.54, 1.807) is 6.26 Å². The molecule has 0 aliphatic carbocycles. The second-order valence-electron chi connectivity index (χ2n) is 4.86. The average Bonchev–Trinajstić information content (AvgIpc) is 2.97. The highest BCUT2D eigenvalue weighted by Gasteiger charge is 2.12. The smallest absolute Gasteiger partial charge is 0.120 e. The summed E-state index contributed by atoms with van der Waals surface area (Å²) < 4.78 is 10.9. The highest BCUT2D eigenvalue weighted by atomic mass is 16.3. The third kappa shape index (κ3) is 3.50. The Kier molecular flexibility index (Phi) is 4.26. The fourth-order valence-corrected chi connectivity index (χ4v) is 2.09. The van der Waals surface area contributed by atoms with E-state index in [0.29, 0.717) is 6.04 Å². The van der Waals surface area contributed by atoms with Crippen molar-refractivity contribution in [3.8, 4) is 0 Å². The lowest BCUT2D eigenvalue weighted by molar-refractivity contribution is 0.374. The lowest BCUT2D eigenvalue weighted by Gasteiger charge is -2.18. The van der Waals surface area contributed by atoms with E-state index >= 15 is 0 Å². The SMILES string of the molecule is Cc1ccc(C(C)NC(C)CCc2ccco2)o1. The first kappa shape index (κ1) is 13.0. The summed E-state index contributed by atoms with van der Waals surface area (Å²) >= 11 is 0. The normalized spacial score (nSPS) is 14.6. The van der Waals surface area contributed by atoms with Crippen molar-refractivity contribution in [3.63, 3.8) is 0 Å². The molecule has 0 amide bonds. The van der Waals surface area contributed by atoms with Gasteiger partial charge in [-0.1, -0.05) is 0 Å². The van der Waals surface area contributed by atoms with Crippen LogP contribution in [-0.4, -0.2) is 6.04 Å². The zero-order chi connectivity index (χ0) is 13.0. The van der Waals surface area contributed by atoms with Gasteiger partial charge in [0, 0.05) is 12.5 Å². The molecule has 0 aliphatic rings. The summed E-state index contributed by atoms with van der Waals surface area (Å²) in [6.45, 7) is 6.29. The molecule has 0 radical (unpaired) electrons. The van der Waals surface area contributed by atoms with E-state index in [9.17, 15) is 0 Å². The highest BCUT2D eigenvalue weighted by molar-refractivity contribution is 5.09. The van der Waals surface area contributed by atoms with Crippen LogP contribution in [-0.2, 0) is 6.42 Å². The lowest BCUT2D eigenvalue weighted by Crippen LogP contribution is -2.29. The van der Waals surface area contributed by atoms with Crippen molar-refractivity contribution in [2.45, 2.75) is 45.7 Å². The first-order valence-electron chi connectivity index (χ1n) is 6.50. The molecule has 0 saturated heterocycles. The molecular weight excluding hydrogens is 226 g/mol. The van der Waals surface area contributed by atoms with Gasteiger partial charge in [0.05, 0.1) is 12.3 Å². The van der Waals surface area contributed by atoms with Crippen molar-refractivity contribution < 1.29 is 8.83 Å². The van der Waals surface area contributed by atoms with Crippen molar-refractivity contribution in [1.82, 2.24) is 5.32 Å². The van der Waals surface area contributed by atoms with Crippen LogP contribution in [0.1, 0.15) is 43.6 Å². The quantitative estimate of drug-likeness (QED) is 0.842. The number of rotatable bonds is 6. The molecular formula is C15H21NO2. The van der Waals surface area contributed by atoms with Crippen molar-refractivity contribution in [3.05, 3.63) is 47.8 Å². The summed E-state index contributed by atoms with van der Waals surface area (Å²) in [5.41, 5.74) is 0. The van der Waals surface area contributed by atoms with Crippen LogP contribution in [0.2, 0.25) is 0 Å². The first-order valence-corrected chi connectivity index (χ1v) is 6.50. The molecule has 2 unspecified atom stereocenters. The van der Waals surface area contributed by atoms with Crippen molar-refractivity contribution in [2.75, 3.05) is 0 Å². The standard InChI is InChI=1S/C15H21NO2/c1-11(6-8-14-5-4-10-17-14)16-13(3)15-9-7-12(2)18-15/h4-5,7,9-11,13,16H,6,8H2,1-3H3. The van der Waals surface area contributed by atoms with Crippen LogP contribution < -0.4 is 5.32 Å².